The summed E-state index contributed by atoms with van der Waals surface area (Å²) >= 11 is 3.57. The number of hydrogen-bond donors (Lipinski definition) is 1. The summed E-state index contributed by atoms with van der Waals surface area (Å²) < 4.78 is 1.13. The normalized spacial score (nSPS) is 19.0. The number of hydrogen-bond acceptors (Lipinski definition) is 2. The maximum absolute atomic E-state index is 5.67. The number of nitrogens with two attached hydrogens (primary N) is 1. The van der Waals surface area contributed by atoms with Crippen LogP contribution in [0.2, 0.25) is 0 Å². The van der Waals surface area contributed by atoms with E-state index in [4.69, 9.17) is 5.73 Å². The molecule has 1 saturated carbocycles. The molecule has 0 saturated heterocycles. The van der Waals surface area contributed by atoms with Gasteiger partial charge in [-0.15, -0.1) is 0 Å². The Morgan fingerprint density at radius 2 is 2.29 bits per heavy atom. The van der Waals surface area contributed by atoms with Gasteiger partial charge in [0.2, 0.25) is 0 Å². The predicted molar refractivity (Wildman–Crippen MR) is 61.1 cm³/mol. The van der Waals surface area contributed by atoms with Crippen LogP contribution in [-0.2, 0) is 5.41 Å². The molecule has 14 heavy (non-hydrogen) atoms. The zero-order valence-electron chi connectivity index (χ0n) is 8.17. The van der Waals surface area contributed by atoms with Gasteiger partial charge in [0.05, 0.1) is 5.69 Å². The molecule has 1 aromatic heterocycles. The lowest BCUT2D eigenvalue weighted by atomic mass is 9.64. The lowest BCUT2D eigenvalue weighted by Crippen LogP contribution is -2.37. The number of nitrogens with zero attached hydrogens (tertiary/aromatic N) is 1. The Kier molecular flexibility index (Phi) is 2.88. The van der Waals surface area contributed by atoms with Crippen LogP contribution >= 0.6 is 15.9 Å². The van der Waals surface area contributed by atoms with Gasteiger partial charge in [-0.05, 0) is 53.9 Å². The van der Waals surface area contributed by atoms with E-state index in [1.54, 1.807) is 0 Å². The summed E-state index contributed by atoms with van der Waals surface area (Å²) in [5.41, 5.74) is 7.15. The second kappa shape index (κ2) is 3.99. The molecule has 3 heteroatoms. The molecular weight excluding hydrogens is 240 g/mol. The summed E-state index contributed by atoms with van der Waals surface area (Å²) in [6.45, 7) is 0.753. The molecule has 1 aromatic rings. The fourth-order valence-corrected chi connectivity index (χ4v) is 2.94. The average Bonchev–Trinajstić information content (AvgIpc) is 2.13. The van der Waals surface area contributed by atoms with Crippen molar-refractivity contribution in [3.8, 4) is 0 Å². The van der Waals surface area contributed by atoms with Crippen LogP contribution < -0.4 is 5.73 Å². The molecule has 1 heterocycles. The molecule has 2 N–H and O–H groups in total. The Morgan fingerprint density at radius 1 is 1.50 bits per heavy atom. The minimum atomic E-state index is 0.273. The highest BCUT2D eigenvalue weighted by Crippen LogP contribution is 2.47. The van der Waals surface area contributed by atoms with Crippen LogP contribution in [0, 0.1) is 0 Å². The van der Waals surface area contributed by atoms with Crippen LogP contribution in [0.5, 0.6) is 0 Å². The minimum Gasteiger partial charge on any atom is -0.330 e. The third kappa shape index (κ3) is 1.59. The van der Waals surface area contributed by atoms with Crippen molar-refractivity contribution in [2.24, 2.45) is 5.73 Å². The molecule has 0 radical (unpaired) electrons. The van der Waals surface area contributed by atoms with E-state index in [0.29, 0.717) is 0 Å². The van der Waals surface area contributed by atoms with Gasteiger partial charge in [-0.3, -0.25) is 4.98 Å². The SMILES string of the molecule is NCCC1(c2ncccc2Br)CCC1. The number of halogens is 1. The first-order valence-corrected chi connectivity index (χ1v) is 5.89. The summed E-state index contributed by atoms with van der Waals surface area (Å²) in [7, 11) is 0. The Labute approximate surface area is 93.0 Å². The van der Waals surface area contributed by atoms with E-state index in [9.17, 15) is 0 Å². The summed E-state index contributed by atoms with van der Waals surface area (Å²) in [5, 5.41) is 0. The summed E-state index contributed by atoms with van der Waals surface area (Å²) in [6.07, 6.45) is 6.71. The maximum atomic E-state index is 5.67. The summed E-state index contributed by atoms with van der Waals surface area (Å²) in [6, 6.07) is 4.03. The van der Waals surface area contributed by atoms with E-state index in [1.165, 1.54) is 25.0 Å². The Bertz CT molecular complexity index is 321. The molecule has 1 aliphatic rings. The summed E-state index contributed by atoms with van der Waals surface area (Å²) in [5.74, 6) is 0. The first-order chi connectivity index (χ1) is 6.78. The van der Waals surface area contributed by atoms with Crippen LogP contribution in [0.4, 0.5) is 0 Å². The van der Waals surface area contributed by atoms with Gasteiger partial charge in [0.15, 0.2) is 0 Å². The summed E-state index contributed by atoms with van der Waals surface area (Å²) in [4.78, 5) is 4.49. The first kappa shape index (κ1) is 10.1. The van der Waals surface area contributed by atoms with E-state index >= 15 is 0 Å². The van der Waals surface area contributed by atoms with Gasteiger partial charge in [-0.25, -0.2) is 0 Å². The fourth-order valence-electron chi connectivity index (χ4n) is 2.26. The molecule has 2 rings (SSSR count). The zero-order valence-corrected chi connectivity index (χ0v) is 9.76. The molecule has 0 spiro atoms. The highest BCUT2D eigenvalue weighted by Gasteiger charge is 2.40. The van der Waals surface area contributed by atoms with Gasteiger partial charge in [0.1, 0.15) is 0 Å². The van der Waals surface area contributed by atoms with Gasteiger partial charge in [-0.2, -0.15) is 0 Å². The molecule has 1 fully saturated rings. The average molecular weight is 255 g/mol. The predicted octanol–water partition coefficient (Wildman–Crippen LogP) is 2.61. The van der Waals surface area contributed by atoms with Crippen molar-refractivity contribution >= 4 is 15.9 Å². The van der Waals surface area contributed by atoms with Crippen molar-refractivity contribution < 1.29 is 0 Å². The second-order valence-electron chi connectivity index (χ2n) is 4.01. The van der Waals surface area contributed by atoms with Gasteiger partial charge in [-0.1, -0.05) is 6.42 Å². The first-order valence-electron chi connectivity index (χ1n) is 5.10. The molecule has 0 aromatic carbocycles. The second-order valence-corrected chi connectivity index (χ2v) is 4.86. The number of rotatable bonds is 3. The third-order valence-corrected chi connectivity index (χ3v) is 3.83. The Balaban J connectivity index is 2.32. The van der Waals surface area contributed by atoms with Crippen LogP contribution in [-0.4, -0.2) is 11.5 Å². The van der Waals surface area contributed by atoms with E-state index < -0.39 is 0 Å². The van der Waals surface area contributed by atoms with E-state index in [0.717, 1.165) is 17.4 Å². The lowest BCUT2D eigenvalue weighted by molar-refractivity contribution is 0.221. The lowest BCUT2D eigenvalue weighted by Gasteiger charge is -2.41. The van der Waals surface area contributed by atoms with E-state index in [1.807, 2.05) is 12.3 Å². The van der Waals surface area contributed by atoms with Gasteiger partial charge in [0.25, 0.3) is 0 Å². The van der Waals surface area contributed by atoms with Crippen molar-refractivity contribution in [1.82, 2.24) is 4.98 Å². The van der Waals surface area contributed by atoms with E-state index in [2.05, 4.69) is 27.0 Å². The molecule has 2 nitrogen and oxygen atoms in total. The van der Waals surface area contributed by atoms with Crippen LogP contribution in [0.25, 0.3) is 0 Å². The van der Waals surface area contributed by atoms with Crippen molar-refractivity contribution in [1.29, 1.82) is 0 Å². The highest BCUT2D eigenvalue weighted by atomic mass is 79.9. The largest absolute Gasteiger partial charge is 0.330 e. The number of aromatic nitrogens is 1. The van der Waals surface area contributed by atoms with Crippen molar-refractivity contribution in [2.45, 2.75) is 31.1 Å². The van der Waals surface area contributed by atoms with Gasteiger partial charge >= 0.3 is 0 Å². The topological polar surface area (TPSA) is 38.9 Å². The molecule has 76 valence electrons. The third-order valence-electron chi connectivity index (χ3n) is 3.19. The van der Waals surface area contributed by atoms with Crippen molar-refractivity contribution in [3.05, 3.63) is 28.5 Å². The van der Waals surface area contributed by atoms with E-state index in [-0.39, 0.29) is 5.41 Å². The molecule has 0 bridgehead atoms. The van der Waals surface area contributed by atoms with Crippen molar-refractivity contribution in [2.75, 3.05) is 6.54 Å². The highest BCUT2D eigenvalue weighted by molar-refractivity contribution is 9.10. The Hall–Kier alpha value is -0.410. The zero-order chi connectivity index (χ0) is 10.0. The smallest absolute Gasteiger partial charge is 0.0607 e. The molecule has 0 amide bonds. The fraction of sp³-hybridized carbons (Fsp3) is 0.545. The van der Waals surface area contributed by atoms with Crippen LogP contribution in [0.3, 0.4) is 0 Å². The Morgan fingerprint density at radius 3 is 2.79 bits per heavy atom. The molecule has 0 atom stereocenters. The molecule has 1 aliphatic carbocycles. The van der Waals surface area contributed by atoms with Crippen molar-refractivity contribution in [3.63, 3.8) is 0 Å². The van der Waals surface area contributed by atoms with Gasteiger partial charge in [0, 0.05) is 16.1 Å². The molecule has 0 unspecified atom stereocenters. The molecular formula is C11H15BrN2. The monoisotopic (exact) mass is 254 g/mol. The maximum Gasteiger partial charge on any atom is 0.0607 e. The number of pyridine rings is 1. The van der Waals surface area contributed by atoms with Crippen LogP contribution in [0.1, 0.15) is 31.4 Å². The van der Waals surface area contributed by atoms with Gasteiger partial charge < -0.3 is 5.73 Å². The minimum absolute atomic E-state index is 0.273. The van der Waals surface area contributed by atoms with Crippen LogP contribution in [0.15, 0.2) is 22.8 Å². The molecule has 0 aliphatic heterocycles. The standard InChI is InChI=1S/C11H15BrN2/c12-9-3-1-8-14-10(9)11(6-7-13)4-2-5-11/h1,3,8H,2,4-7,13H2. The quantitative estimate of drug-likeness (QED) is 0.901.